The molecule has 30 heavy (non-hydrogen) atoms. The standard InChI is InChI=1S/C26H46N4/c1-6-10-14-22(8-3)19-30(20-23(9-4)15-11-7-2)21-26(5)17-13-12-16-24(26)25-18-27-29-28-25/h12-13,16-18,22-24H,6-11,14-15,19-21H2,1-5H3,(H,27,28,29). The van der Waals surface area contributed by atoms with Crippen molar-refractivity contribution < 1.29 is 0 Å². The molecule has 1 aromatic heterocycles. The summed E-state index contributed by atoms with van der Waals surface area (Å²) in [4.78, 5) is 2.80. The lowest BCUT2D eigenvalue weighted by Crippen LogP contribution is -2.43. The third-order valence-electron chi connectivity index (χ3n) is 7.04. The molecule has 0 saturated heterocycles. The minimum Gasteiger partial charge on any atom is -0.302 e. The number of aromatic nitrogens is 3. The summed E-state index contributed by atoms with van der Waals surface area (Å²) >= 11 is 0. The first kappa shape index (κ1) is 24.8. The van der Waals surface area contributed by atoms with Crippen molar-refractivity contribution in [3.63, 3.8) is 0 Å². The van der Waals surface area contributed by atoms with Crippen LogP contribution in [0.15, 0.2) is 30.5 Å². The molecule has 170 valence electrons. The summed E-state index contributed by atoms with van der Waals surface area (Å²) in [7, 11) is 0. The second-order valence-corrected chi connectivity index (χ2v) is 9.65. The zero-order valence-corrected chi connectivity index (χ0v) is 20.2. The molecule has 0 aliphatic heterocycles. The van der Waals surface area contributed by atoms with E-state index in [0.29, 0.717) is 0 Å². The van der Waals surface area contributed by atoms with Crippen LogP contribution < -0.4 is 0 Å². The summed E-state index contributed by atoms with van der Waals surface area (Å²) in [5.74, 6) is 1.87. The van der Waals surface area contributed by atoms with Crippen molar-refractivity contribution in [3.8, 4) is 0 Å². The van der Waals surface area contributed by atoms with E-state index in [1.54, 1.807) is 0 Å². The van der Waals surface area contributed by atoms with E-state index in [1.165, 1.54) is 64.5 Å². The van der Waals surface area contributed by atoms with Crippen LogP contribution in [0.5, 0.6) is 0 Å². The lowest BCUT2D eigenvalue weighted by Gasteiger charge is -2.41. The van der Waals surface area contributed by atoms with Crippen molar-refractivity contribution >= 4 is 0 Å². The van der Waals surface area contributed by atoms with Crippen molar-refractivity contribution in [1.29, 1.82) is 0 Å². The average Bonchev–Trinajstić information content (AvgIpc) is 3.28. The van der Waals surface area contributed by atoms with Gasteiger partial charge in [0.25, 0.3) is 0 Å². The zero-order chi connectivity index (χ0) is 21.8. The van der Waals surface area contributed by atoms with Gasteiger partial charge in [-0.15, -0.1) is 0 Å². The molecule has 1 aliphatic carbocycles. The van der Waals surface area contributed by atoms with Crippen LogP contribution in [0.25, 0.3) is 0 Å². The molecule has 4 unspecified atom stereocenters. The van der Waals surface area contributed by atoms with Crippen LogP contribution in [-0.4, -0.2) is 39.9 Å². The van der Waals surface area contributed by atoms with Gasteiger partial charge in [0.2, 0.25) is 0 Å². The predicted octanol–water partition coefficient (Wildman–Crippen LogP) is 6.76. The maximum Gasteiger partial charge on any atom is 0.0902 e. The Balaban J connectivity index is 2.18. The van der Waals surface area contributed by atoms with Gasteiger partial charge in [0.1, 0.15) is 0 Å². The number of nitrogens with one attached hydrogen (secondary N) is 1. The molecular weight excluding hydrogens is 368 g/mol. The van der Waals surface area contributed by atoms with Crippen LogP contribution in [0, 0.1) is 17.3 Å². The summed E-state index contributed by atoms with van der Waals surface area (Å²) in [6, 6.07) is 0. The van der Waals surface area contributed by atoms with Crippen LogP contribution >= 0.6 is 0 Å². The quantitative estimate of drug-likeness (QED) is 0.345. The van der Waals surface area contributed by atoms with Crippen molar-refractivity contribution in [2.45, 2.75) is 91.9 Å². The second kappa shape index (κ2) is 13.1. The highest BCUT2D eigenvalue weighted by atomic mass is 15.3. The Bertz CT molecular complexity index is 603. The number of aromatic amines is 1. The highest BCUT2D eigenvalue weighted by molar-refractivity contribution is 5.29. The van der Waals surface area contributed by atoms with Gasteiger partial charge in [-0.1, -0.05) is 97.4 Å². The number of hydrogen-bond acceptors (Lipinski definition) is 3. The number of nitrogens with zero attached hydrogens (tertiary/aromatic N) is 3. The summed E-state index contributed by atoms with van der Waals surface area (Å²) in [5, 5.41) is 11.3. The molecule has 4 atom stereocenters. The second-order valence-electron chi connectivity index (χ2n) is 9.65. The minimum atomic E-state index is 0.0394. The van der Waals surface area contributed by atoms with Crippen molar-refractivity contribution in [1.82, 2.24) is 20.3 Å². The largest absolute Gasteiger partial charge is 0.302 e. The number of H-pyrrole nitrogens is 1. The van der Waals surface area contributed by atoms with Crippen molar-refractivity contribution in [2.24, 2.45) is 17.3 Å². The number of unbranched alkanes of at least 4 members (excludes halogenated alkanes) is 2. The van der Waals surface area contributed by atoms with Gasteiger partial charge in [-0.2, -0.15) is 15.4 Å². The van der Waals surface area contributed by atoms with Gasteiger partial charge in [-0.25, -0.2) is 0 Å². The predicted molar refractivity (Wildman–Crippen MR) is 129 cm³/mol. The lowest BCUT2D eigenvalue weighted by molar-refractivity contribution is 0.130. The number of allylic oxidation sites excluding steroid dienone is 3. The first-order valence-electron chi connectivity index (χ1n) is 12.5. The van der Waals surface area contributed by atoms with Crippen LogP contribution in [0.4, 0.5) is 0 Å². The molecule has 0 radical (unpaired) electrons. The Kier molecular flexibility index (Phi) is 10.8. The summed E-state index contributed by atoms with van der Waals surface area (Å²) in [5.41, 5.74) is 1.09. The summed E-state index contributed by atoms with van der Waals surface area (Å²) < 4.78 is 0. The van der Waals surface area contributed by atoms with Gasteiger partial charge in [-0.3, -0.25) is 0 Å². The van der Waals surface area contributed by atoms with E-state index in [4.69, 9.17) is 0 Å². The number of hydrogen-bond donors (Lipinski definition) is 1. The molecule has 1 aliphatic rings. The minimum absolute atomic E-state index is 0.0394. The van der Waals surface area contributed by atoms with Crippen LogP contribution in [-0.2, 0) is 0 Å². The van der Waals surface area contributed by atoms with Crippen LogP contribution in [0.3, 0.4) is 0 Å². The van der Waals surface area contributed by atoms with E-state index in [1.807, 2.05) is 6.20 Å². The van der Waals surface area contributed by atoms with Gasteiger partial charge in [-0.05, 0) is 24.7 Å². The molecule has 4 heteroatoms. The van der Waals surface area contributed by atoms with Gasteiger partial charge in [0.15, 0.2) is 0 Å². The fourth-order valence-electron chi connectivity index (χ4n) is 4.97. The van der Waals surface area contributed by atoms with Gasteiger partial charge < -0.3 is 4.90 Å². The maximum absolute atomic E-state index is 4.44. The third kappa shape index (κ3) is 7.37. The molecule has 4 nitrogen and oxygen atoms in total. The molecule has 0 spiro atoms. The Labute approximate surface area is 185 Å². The topological polar surface area (TPSA) is 44.8 Å². The van der Waals surface area contributed by atoms with Crippen LogP contribution in [0.1, 0.15) is 97.6 Å². The normalized spacial score (nSPS) is 23.2. The Morgan fingerprint density at radius 2 is 1.63 bits per heavy atom. The van der Waals surface area contributed by atoms with Gasteiger partial charge in [0.05, 0.1) is 11.9 Å². The van der Waals surface area contributed by atoms with E-state index in [2.05, 4.69) is 79.2 Å². The fourth-order valence-corrected chi connectivity index (χ4v) is 4.97. The first-order valence-corrected chi connectivity index (χ1v) is 12.5. The zero-order valence-electron chi connectivity index (χ0n) is 20.2. The monoisotopic (exact) mass is 414 g/mol. The maximum atomic E-state index is 4.44. The molecule has 0 amide bonds. The van der Waals surface area contributed by atoms with E-state index in [9.17, 15) is 0 Å². The summed E-state index contributed by atoms with van der Waals surface area (Å²) in [6.45, 7) is 15.3. The van der Waals surface area contributed by atoms with E-state index in [0.717, 1.165) is 24.1 Å². The molecule has 1 N–H and O–H groups in total. The highest BCUT2D eigenvalue weighted by Crippen LogP contribution is 2.41. The molecule has 0 saturated carbocycles. The lowest BCUT2D eigenvalue weighted by atomic mass is 9.72. The average molecular weight is 415 g/mol. The van der Waals surface area contributed by atoms with Crippen molar-refractivity contribution in [2.75, 3.05) is 19.6 Å². The molecule has 1 aromatic rings. The molecular formula is C26H46N4. The third-order valence-corrected chi connectivity index (χ3v) is 7.04. The Hall–Kier alpha value is -1.42. The molecule has 1 heterocycles. The van der Waals surface area contributed by atoms with Crippen LogP contribution in [0.2, 0.25) is 0 Å². The molecule has 0 bridgehead atoms. The molecule has 0 fully saturated rings. The van der Waals surface area contributed by atoms with Gasteiger partial charge in [0, 0.05) is 31.0 Å². The highest BCUT2D eigenvalue weighted by Gasteiger charge is 2.36. The first-order chi connectivity index (χ1) is 14.6. The van der Waals surface area contributed by atoms with E-state index < -0.39 is 0 Å². The molecule has 2 rings (SSSR count). The van der Waals surface area contributed by atoms with E-state index >= 15 is 0 Å². The molecule has 0 aromatic carbocycles. The number of rotatable bonds is 15. The van der Waals surface area contributed by atoms with Gasteiger partial charge >= 0.3 is 0 Å². The van der Waals surface area contributed by atoms with E-state index in [-0.39, 0.29) is 11.3 Å². The summed E-state index contributed by atoms with van der Waals surface area (Å²) in [6.07, 6.45) is 21.5. The Morgan fingerprint density at radius 3 is 2.13 bits per heavy atom. The van der Waals surface area contributed by atoms with Crippen molar-refractivity contribution in [3.05, 3.63) is 36.2 Å². The Morgan fingerprint density at radius 1 is 1.00 bits per heavy atom. The smallest absolute Gasteiger partial charge is 0.0902 e. The fraction of sp³-hybridized carbons (Fsp3) is 0.769. The SMILES string of the molecule is CCCCC(CC)CN(CC(CC)CCCC)CC1(C)C=CC=CC1c1cn[nH]n1.